The van der Waals surface area contributed by atoms with Gasteiger partial charge in [-0.1, -0.05) is 138 Å². The summed E-state index contributed by atoms with van der Waals surface area (Å²) in [5, 5.41) is 2.33. The highest BCUT2D eigenvalue weighted by Gasteiger charge is 2.26. The van der Waals surface area contributed by atoms with Gasteiger partial charge in [0.1, 0.15) is 0 Å². The quantitative estimate of drug-likeness (QED) is 0.170. The van der Waals surface area contributed by atoms with E-state index in [0.717, 1.165) is 44.2 Å². The van der Waals surface area contributed by atoms with Crippen molar-refractivity contribution in [2.45, 2.75) is 105 Å². The van der Waals surface area contributed by atoms with E-state index in [2.05, 4.69) is 177 Å². The standard InChI is InChI=1S/C50H53N5/c1-47(2,3)33-24-31(25-34(28-33)48(4,5)6)44-52-45(32-26-35(49(7,8)9)29-36(27-32)50(10,11)12)54-46(53-44)40-30-37(51-13)22-23-43(40)55-41-20-16-14-18-38(41)39-19-15-17-21-42(39)55/h14-30H,1-12H3. The minimum Gasteiger partial charge on any atom is -0.309 e. The number of rotatable bonds is 4. The fourth-order valence-corrected chi connectivity index (χ4v) is 7.15. The largest absolute Gasteiger partial charge is 0.309 e. The van der Waals surface area contributed by atoms with Crippen molar-refractivity contribution in [3.63, 3.8) is 0 Å². The summed E-state index contributed by atoms with van der Waals surface area (Å²) < 4.78 is 2.28. The van der Waals surface area contributed by atoms with Crippen LogP contribution in [0.25, 0.3) is 66.5 Å². The van der Waals surface area contributed by atoms with Crippen LogP contribution in [0, 0.1) is 6.57 Å². The molecule has 0 aliphatic heterocycles. The summed E-state index contributed by atoms with van der Waals surface area (Å²) in [5.74, 6) is 1.74. The van der Waals surface area contributed by atoms with Crippen LogP contribution in [0.3, 0.4) is 0 Å². The van der Waals surface area contributed by atoms with Gasteiger partial charge < -0.3 is 4.57 Å². The zero-order chi connectivity index (χ0) is 39.7. The molecule has 0 aliphatic carbocycles. The highest BCUT2D eigenvalue weighted by Crippen LogP contribution is 2.40. The lowest BCUT2D eigenvalue weighted by atomic mass is 9.79. The smallest absolute Gasteiger partial charge is 0.188 e. The summed E-state index contributed by atoms with van der Waals surface area (Å²) in [6.45, 7) is 35.1. The molecule has 0 atom stereocenters. The maximum Gasteiger partial charge on any atom is 0.188 e. The molecular formula is C50H53N5. The Hall–Kier alpha value is -5.60. The van der Waals surface area contributed by atoms with Gasteiger partial charge in [-0.05, 0) is 92.4 Å². The van der Waals surface area contributed by atoms with E-state index in [0.29, 0.717) is 23.2 Å². The second kappa shape index (κ2) is 13.3. The molecule has 0 amide bonds. The van der Waals surface area contributed by atoms with Gasteiger partial charge in [-0.2, -0.15) is 0 Å². The lowest BCUT2D eigenvalue weighted by Crippen LogP contribution is -2.17. The third-order valence-electron chi connectivity index (χ3n) is 10.7. The first-order valence-corrected chi connectivity index (χ1v) is 19.3. The van der Waals surface area contributed by atoms with E-state index in [1.807, 2.05) is 18.2 Å². The molecule has 5 aromatic carbocycles. The number of hydrogen-bond acceptors (Lipinski definition) is 3. The summed E-state index contributed by atoms with van der Waals surface area (Å²) in [6.07, 6.45) is 0. The summed E-state index contributed by atoms with van der Waals surface area (Å²) in [6, 6.07) is 36.5. The minimum absolute atomic E-state index is 0.0922. The van der Waals surface area contributed by atoms with Crippen LogP contribution in [0.15, 0.2) is 103 Å². The van der Waals surface area contributed by atoms with Crippen LogP contribution in [-0.2, 0) is 21.7 Å². The average Bonchev–Trinajstić information content (AvgIpc) is 3.47. The zero-order valence-electron chi connectivity index (χ0n) is 34.6. The lowest BCUT2D eigenvalue weighted by Gasteiger charge is -2.26. The molecule has 0 bridgehead atoms. The van der Waals surface area contributed by atoms with Gasteiger partial charge in [0.05, 0.1) is 23.3 Å². The fourth-order valence-electron chi connectivity index (χ4n) is 7.15. The summed E-state index contributed by atoms with van der Waals surface area (Å²) in [5.41, 5.74) is 10.8. The van der Waals surface area contributed by atoms with Crippen molar-refractivity contribution in [1.29, 1.82) is 0 Å². The lowest BCUT2D eigenvalue weighted by molar-refractivity contribution is 0.568. The Labute approximate surface area is 327 Å². The maximum absolute atomic E-state index is 8.06. The van der Waals surface area contributed by atoms with E-state index in [-0.39, 0.29) is 21.7 Å². The Kier molecular flexibility index (Phi) is 9.12. The third kappa shape index (κ3) is 7.31. The van der Waals surface area contributed by atoms with E-state index < -0.39 is 0 Å². The van der Waals surface area contributed by atoms with Gasteiger partial charge in [0.25, 0.3) is 0 Å². The molecule has 5 nitrogen and oxygen atoms in total. The minimum atomic E-state index is -0.0922. The molecule has 0 aliphatic rings. The molecule has 0 spiro atoms. The Balaban J connectivity index is 1.60. The highest BCUT2D eigenvalue weighted by atomic mass is 15.1. The van der Waals surface area contributed by atoms with Crippen LogP contribution in [0.5, 0.6) is 0 Å². The predicted molar refractivity (Wildman–Crippen MR) is 232 cm³/mol. The van der Waals surface area contributed by atoms with Gasteiger partial charge in [0, 0.05) is 27.5 Å². The number of fused-ring (bicyclic) bond motifs is 3. The van der Waals surface area contributed by atoms with Crippen molar-refractivity contribution in [2.24, 2.45) is 0 Å². The Morgan fingerprint density at radius 3 is 1.22 bits per heavy atom. The van der Waals surface area contributed by atoms with Crippen LogP contribution in [0.1, 0.15) is 105 Å². The van der Waals surface area contributed by atoms with Gasteiger partial charge >= 0.3 is 0 Å². The molecule has 0 saturated heterocycles. The molecule has 2 heterocycles. The molecular weight excluding hydrogens is 671 g/mol. The van der Waals surface area contributed by atoms with Crippen molar-refractivity contribution in [3.05, 3.63) is 137 Å². The van der Waals surface area contributed by atoms with Crippen LogP contribution >= 0.6 is 0 Å². The molecule has 0 radical (unpaired) electrons. The summed E-state index contributed by atoms with van der Waals surface area (Å²) >= 11 is 0. The third-order valence-corrected chi connectivity index (χ3v) is 10.7. The van der Waals surface area contributed by atoms with Crippen molar-refractivity contribution in [1.82, 2.24) is 19.5 Å². The Morgan fingerprint density at radius 2 is 0.836 bits per heavy atom. The van der Waals surface area contributed by atoms with Crippen LogP contribution in [0.2, 0.25) is 0 Å². The zero-order valence-corrected chi connectivity index (χ0v) is 34.6. The number of aromatic nitrogens is 4. The first-order chi connectivity index (χ1) is 25.7. The van der Waals surface area contributed by atoms with Gasteiger partial charge in [0.15, 0.2) is 23.2 Å². The first-order valence-electron chi connectivity index (χ1n) is 19.3. The normalized spacial score (nSPS) is 12.7. The van der Waals surface area contributed by atoms with Crippen molar-refractivity contribution < 1.29 is 0 Å². The fraction of sp³-hybridized carbons (Fsp3) is 0.320. The van der Waals surface area contributed by atoms with Crippen molar-refractivity contribution in [3.8, 4) is 39.9 Å². The van der Waals surface area contributed by atoms with E-state index in [1.54, 1.807) is 0 Å². The topological polar surface area (TPSA) is 48.0 Å². The van der Waals surface area contributed by atoms with Gasteiger partial charge in [-0.15, -0.1) is 0 Å². The van der Waals surface area contributed by atoms with Crippen molar-refractivity contribution >= 4 is 27.5 Å². The highest BCUT2D eigenvalue weighted by molar-refractivity contribution is 6.09. The molecule has 278 valence electrons. The second-order valence-corrected chi connectivity index (χ2v) is 19.1. The molecule has 2 aromatic heterocycles. The van der Waals surface area contributed by atoms with Crippen molar-refractivity contribution in [2.75, 3.05) is 0 Å². The van der Waals surface area contributed by atoms with Gasteiger partial charge in [0.2, 0.25) is 0 Å². The second-order valence-electron chi connectivity index (χ2n) is 19.1. The number of benzene rings is 5. The van der Waals surface area contributed by atoms with E-state index in [4.69, 9.17) is 21.5 Å². The van der Waals surface area contributed by atoms with Gasteiger partial charge in [-0.3, -0.25) is 0 Å². The monoisotopic (exact) mass is 723 g/mol. The number of nitrogens with zero attached hydrogens (tertiary/aromatic N) is 5. The number of hydrogen-bond donors (Lipinski definition) is 0. The SMILES string of the molecule is [C-]#[N+]c1ccc(-n2c3ccccc3c3ccccc32)c(-c2nc(-c3cc(C(C)(C)C)cc(C(C)(C)C)c3)nc(-c3cc(C(C)(C)C)cc(C(C)(C)C)c3)n2)c1. The molecule has 0 unspecified atom stereocenters. The molecule has 7 rings (SSSR count). The van der Waals surface area contributed by atoms with E-state index >= 15 is 0 Å². The van der Waals surface area contributed by atoms with Crippen LogP contribution < -0.4 is 0 Å². The molecule has 55 heavy (non-hydrogen) atoms. The molecule has 5 heteroatoms. The van der Waals surface area contributed by atoms with E-state index in [9.17, 15) is 0 Å². The summed E-state index contributed by atoms with van der Waals surface area (Å²) in [4.78, 5) is 19.9. The van der Waals surface area contributed by atoms with Gasteiger partial charge in [-0.25, -0.2) is 19.8 Å². The Bertz CT molecular complexity index is 2430. The molecule has 0 N–H and O–H groups in total. The maximum atomic E-state index is 8.06. The van der Waals surface area contributed by atoms with Crippen LogP contribution in [-0.4, -0.2) is 19.5 Å². The summed E-state index contributed by atoms with van der Waals surface area (Å²) in [7, 11) is 0. The number of para-hydroxylation sites is 2. The molecule has 0 fully saturated rings. The predicted octanol–water partition coefficient (Wildman–Crippen LogP) is 13.7. The molecule has 0 saturated carbocycles. The first kappa shape index (κ1) is 37.7. The Morgan fingerprint density at radius 1 is 0.455 bits per heavy atom. The average molecular weight is 724 g/mol. The molecule has 7 aromatic rings. The van der Waals surface area contributed by atoms with E-state index in [1.165, 1.54) is 22.3 Å². The van der Waals surface area contributed by atoms with Crippen LogP contribution in [0.4, 0.5) is 5.69 Å².